The van der Waals surface area contributed by atoms with Crippen LogP contribution in [0, 0.1) is 5.92 Å². The van der Waals surface area contributed by atoms with Gasteiger partial charge in [-0.3, -0.25) is 14.5 Å². The molecule has 0 radical (unpaired) electrons. The maximum Gasteiger partial charge on any atom is 0.325 e. The number of nitrogens with zero attached hydrogens (tertiary/aromatic N) is 1. The fourth-order valence-corrected chi connectivity index (χ4v) is 4.64. The van der Waals surface area contributed by atoms with Gasteiger partial charge < -0.3 is 10.6 Å². The Labute approximate surface area is 176 Å². The predicted molar refractivity (Wildman–Crippen MR) is 113 cm³/mol. The monoisotopic (exact) mass is 405 g/mol. The van der Waals surface area contributed by atoms with E-state index in [1.54, 1.807) is 0 Å². The molecule has 6 heteroatoms. The van der Waals surface area contributed by atoms with Gasteiger partial charge in [0.15, 0.2) is 0 Å². The summed E-state index contributed by atoms with van der Waals surface area (Å²) in [5, 5.41) is 5.91. The molecule has 4 amide bonds. The van der Waals surface area contributed by atoms with Crippen LogP contribution in [0.1, 0.15) is 49.8 Å². The topological polar surface area (TPSA) is 78.5 Å². The summed E-state index contributed by atoms with van der Waals surface area (Å²) >= 11 is 0. The van der Waals surface area contributed by atoms with Gasteiger partial charge in [-0.1, -0.05) is 80.4 Å². The molecule has 2 N–H and O–H groups in total. The first kappa shape index (κ1) is 20.1. The Morgan fingerprint density at radius 2 is 1.67 bits per heavy atom. The van der Waals surface area contributed by atoms with Crippen LogP contribution in [0.2, 0.25) is 0 Å². The van der Waals surface area contributed by atoms with E-state index < -0.39 is 11.6 Å². The number of benzene rings is 2. The summed E-state index contributed by atoms with van der Waals surface area (Å²) < 4.78 is 0. The first-order valence-electron chi connectivity index (χ1n) is 10.5. The molecule has 6 nitrogen and oxygen atoms in total. The van der Waals surface area contributed by atoms with Crippen LogP contribution in [-0.4, -0.2) is 34.8 Å². The minimum atomic E-state index is -0.853. The van der Waals surface area contributed by atoms with Crippen molar-refractivity contribution in [1.29, 1.82) is 0 Å². The lowest BCUT2D eigenvalue weighted by Gasteiger charge is -2.36. The zero-order chi connectivity index (χ0) is 21.1. The van der Waals surface area contributed by atoms with Gasteiger partial charge in [-0.15, -0.1) is 0 Å². The quantitative estimate of drug-likeness (QED) is 0.749. The number of nitrogens with one attached hydrogen (secondary N) is 2. The number of urea groups is 1. The van der Waals surface area contributed by atoms with Crippen molar-refractivity contribution >= 4 is 17.8 Å². The third-order valence-corrected chi connectivity index (χ3v) is 6.37. The highest BCUT2D eigenvalue weighted by Gasteiger charge is 2.55. The van der Waals surface area contributed by atoms with Crippen molar-refractivity contribution in [2.45, 2.75) is 44.2 Å². The van der Waals surface area contributed by atoms with Crippen molar-refractivity contribution < 1.29 is 14.4 Å². The molecule has 1 saturated heterocycles. The van der Waals surface area contributed by atoms with Crippen molar-refractivity contribution in [3.05, 3.63) is 71.8 Å². The fraction of sp³-hybridized carbons (Fsp3) is 0.375. The van der Waals surface area contributed by atoms with E-state index in [9.17, 15) is 14.4 Å². The van der Waals surface area contributed by atoms with Gasteiger partial charge in [0.25, 0.3) is 5.91 Å². The Balaban J connectivity index is 1.51. The number of rotatable bonds is 5. The lowest BCUT2D eigenvalue weighted by Crippen LogP contribution is -2.54. The van der Waals surface area contributed by atoms with Crippen molar-refractivity contribution in [2.75, 3.05) is 6.54 Å². The summed E-state index contributed by atoms with van der Waals surface area (Å²) in [6.07, 6.45) is 3.49. The molecule has 0 bridgehead atoms. The lowest BCUT2D eigenvalue weighted by atomic mass is 9.73. The van der Waals surface area contributed by atoms with Gasteiger partial charge in [0.05, 0.1) is 6.04 Å². The average molecular weight is 405 g/mol. The smallest absolute Gasteiger partial charge is 0.325 e. The molecule has 2 aromatic rings. The van der Waals surface area contributed by atoms with Gasteiger partial charge in [0.2, 0.25) is 5.91 Å². The highest BCUT2D eigenvalue weighted by atomic mass is 16.2. The molecule has 2 aromatic carbocycles. The van der Waals surface area contributed by atoms with Crippen LogP contribution in [0.15, 0.2) is 60.7 Å². The second-order valence-electron chi connectivity index (χ2n) is 8.26. The molecule has 156 valence electrons. The Bertz CT molecular complexity index is 892. The number of hydrogen-bond donors (Lipinski definition) is 2. The molecule has 2 atom stereocenters. The third-order valence-electron chi connectivity index (χ3n) is 6.37. The number of amides is 4. The molecule has 4 rings (SSSR count). The average Bonchev–Trinajstić information content (AvgIpc) is 3.00. The molecule has 1 spiro atoms. The molecule has 1 aliphatic carbocycles. The lowest BCUT2D eigenvalue weighted by molar-refractivity contribution is -0.137. The van der Waals surface area contributed by atoms with Crippen molar-refractivity contribution in [1.82, 2.24) is 15.5 Å². The van der Waals surface area contributed by atoms with E-state index >= 15 is 0 Å². The van der Waals surface area contributed by atoms with Gasteiger partial charge >= 0.3 is 6.03 Å². The minimum absolute atomic E-state index is 0.0668. The van der Waals surface area contributed by atoms with Crippen LogP contribution in [0.3, 0.4) is 0 Å². The maximum absolute atomic E-state index is 13.1. The fourth-order valence-electron chi connectivity index (χ4n) is 4.64. The Morgan fingerprint density at radius 1 is 1.07 bits per heavy atom. The third kappa shape index (κ3) is 3.70. The zero-order valence-corrected chi connectivity index (χ0v) is 17.1. The van der Waals surface area contributed by atoms with Crippen LogP contribution >= 0.6 is 0 Å². The molecule has 1 saturated carbocycles. The molecule has 1 heterocycles. The normalized spacial score (nSPS) is 23.7. The standard InChI is InChI=1S/C24H27N3O3/c1-17-10-8-9-15-24(17)22(29)27(23(30)26-24)16-20(28)25-21(18-11-4-2-5-12-18)19-13-6-3-7-14-19/h2-7,11-14,17,21H,8-10,15-16H2,1H3,(H,25,28)(H,26,30)/t17-,24-/m0/s1. The Kier molecular flexibility index (Phi) is 5.57. The minimum Gasteiger partial charge on any atom is -0.344 e. The number of carbonyl (C=O) groups is 3. The van der Waals surface area contributed by atoms with Crippen LogP contribution in [0.4, 0.5) is 4.79 Å². The van der Waals surface area contributed by atoms with Gasteiger partial charge in [0.1, 0.15) is 12.1 Å². The van der Waals surface area contributed by atoms with Crippen molar-refractivity contribution in [3.8, 4) is 0 Å². The van der Waals surface area contributed by atoms with Gasteiger partial charge in [-0.25, -0.2) is 4.79 Å². The second kappa shape index (κ2) is 8.30. The first-order valence-corrected chi connectivity index (χ1v) is 10.5. The first-order chi connectivity index (χ1) is 14.5. The number of imide groups is 1. The van der Waals surface area contributed by atoms with E-state index in [4.69, 9.17) is 0 Å². The van der Waals surface area contributed by atoms with E-state index in [1.165, 1.54) is 0 Å². The molecular formula is C24H27N3O3. The van der Waals surface area contributed by atoms with Gasteiger partial charge in [0, 0.05) is 0 Å². The maximum atomic E-state index is 13.1. The van der Waals surface area contributed by atoms with Crippen molar-refractivity contribution in [2.24, 2.45) is 5.92 Å². The summed E-state index contributed by atoms with van der Waals surface area (Å²) in [5.74, 6) is -0.570. The molecule has 2 aliphatic rings. The molecule has 0 aromatic heterocycles. The van der Waals surface area contributed by atoms with E-state index in [0.717, 1.165) is 35.3 Å². The van der Waals surface area contributed by atoms with Crippen LogP contribution < -0.4 is 10.6 Å². The summed E-state index contributed by atoms with van der Waals surface area (Å²) in [4.78, 5) is 39.7. The van der Waals surface area contributed by atoms with Crippen LogP contribution in [0.25, 0.3) is 0 Å². The second-order valence-corrected chi connectivity index (χ2v) is 8.26. The van der Waals surface area contributed by atoms with E-state index in [-0.39, 0.29) is 30.3 Å². The van der Waals surface area contributed by atoms with Gasteiger partial charge in [-0.05, 0) is 29.9 Å². The predicted octanol–water partition coefficient (Wildman–Crippen LogP) is 3.39. The molecule has 1 aliphatic heterocycles. The summed E-state index contributed by atoms with van der Waals surface area (Å²) in [7, 11) is 0. The van der Waals surface area contributed by atoms with Crippen LogP contribution in [0.5, 0.6) is 0 Å². The number of carbonyl (C=O) groups excluding carboxylic acids is 3. The SMILES string of the molecule is C[C@H]1CCCC[C@]12NC(=O)N(CC(=O)NC(c1ccccc1)c1ccccc1)C2=O. The zero-order valence-electron chi connectivity index (χ0n) is 17.1. The molecule has 30 heavy (non-hydrogen) atoms. The Hall–Kier alpha value is -3.15. The summed E-state index contributed by atoms with van der Waals surface area (Å²) in [5.41, 5.74) is 1.02. The Morgan fingerprint density at radius 3 is 2.23 bits per heavy atom. The van der Waals surface area contributed by atoms with Crippen molar-refractivity contribution in [3.63, 3.8) is 0 Å². The summed E-state index contributed by atoms with van der Waals surface area (Å²) in [6, 6.07) is 18.5. The number of hydrogen-bond acceptors (Lipinski definition) is 3. The van der Waals surface area contributed by atoms with E-state index in [1.807, 2.05) is 67.6 Å². The van der Waals surface area contributed by atoms with E-state index in [0.29, 0.717) is 6.42 Å². The van der Waals surface area contributed by atoms with E-state index in [2.05, 4.69) is 10.6 Å². The molecular weight excluding hydrogens is 378 g/mol. The van der Waals surface area contributed by atoms with Crippen LogP contribution in [-0.2, 0) is 9.59 Å². The molecule has 2 fully saturated rings. The highest BCUT2D eigenvalue weighted by Crippen LogP contribution is 2.38. The largest absolute Gasteiger partial charge is 0.344 e. The highest BCUT2D eigenvalue weighted by molar-refractivity contribution is 6.09. The molecule has 0 unspecified atom stereocenters. The summed E-state index contributed by atoms with van der Waals surface area (Å²) in [6.45, 7) is 1.72. The van der Waals surface area contributed by atoms with Gasteiger partial charge in [-0.2, -0.15) is 0 Å².